The fourth-order valence-corrected chi connectivity index (χ4v) is 2.32. The standard InChI is InChI=1S/C12H20O/c1-2-6-11(9-10-13)12-7-4-3-5-8-12/h6,11-13H,1,3-5,7-10H2. The van der Waals surface area contributed by atoms with E-state index < -0.39 is 0 Å². The van der Waals surface area contributed by atoms with Gasteiger partial charge in [-0.15, -0.1) is 5.73 Å². The van der Waals surface area contributed by atoms with Crippen LogP contribution < -0.4 is 0 Å². The van der Waals surface area contributed by atoms with Gasteiger partial charge in [0, 0.05) is 6.61 Å². The van der Waals surface area contributed by atoms with Crippen LogP contribution in [0.5, 0.6) is 0 Å². The van der Waals surface area contributed by atoms with E-state index in [0.29, 0.717) is 12.5 Å². The smallest absolute Gasteiger partial charge is 0.0436 e. The second kappa shape index (κ2) is 6.01. The average Bonchev–Trinajstić information content (AvgIpc) is 2.19. The Morgan fingerprint density at radius 1 is 1.38 bits per heavy atom. The van der Waals surface area contributed by atoms with Crippen LogP contribution in [0.15, 0.2) is 18.4 Å². The molecule has 0 heterocycles. The Kier molecular flexibility index (Phi) is 4.88. The molecule has 1 saturated carbocycles. The Hall–Kier alpha value is -0.520. The van der Waals surface area contributed by atoms with Crippen LogP contribution in [0.2, 0.25) is 0 Å². The van der Waals surface area contributed by atoms with Crippen LogP contribution >= 0.6 is 0 Å². The van der Waals surface area contributed by atoms with Crippen LogP contribution in [0.3, 0.4) is 0 Å². The van der Waals surface area contributed by atoms with Crippen LogP contribution in [0.4, 0.5) is 0 Å². The van der Waals surface area contributed by atoms with Gasteiger partial charge in [-0.1, -0.05) is 25.8 Å². The lowest BCUT2D eigenvalue weighted by Gasteiger charge is -2.27. The molecule has 0 spiro atoms. The number of rotatable bonds is 4. The normalized spacial score (nSPS) is 20.7. The summed E-state index contributed by atoms with van der Waals surface area (Å²) in [6.07, 6.45) is 9.68. The molecule has 0 saturated heterocycles. The summed E-state index contributed by atoms with van der Waals surface area (Å²) in [5, 5.41) is 8.93. The van der Waals surface area contributed by atoms with Crippen LogP contribution in [0.1, 0.15) is 38.5 Å². The highest BCUT2D eigenvalue weighted by molar-refractivity contribution is 4.89. The monoisotopic (exact) mass is 180 g/mol. The lowest BCUT2D eigenvalue weighted by Crippen LogP contribution is -2.17. The molecule has 1 fully saturated rings. The van der Waals surface area contributed by atoms with Gasteiger partial charge in [-0.2, -0.15) is 0 Å². The Balaban J connectivity index is 2.45. The molecule has 0 radical (unpaired) electrons. The lowest BCUT2D eigenvalue weighted by atomic mass is 9.79. The van der Waals surface area contributed by atoms with Crippen molar-refractivity contribution < 1.29 is 5.11 Å². The molecule has 0 aliphatic heterocycles. The molecule has 0 aromatic heterocycles. The number of aliphatic hydroxyl groups is 1. The number of aliphatic hydroxyl groups excluding tert-OH is 1. The highest BCUT2D eigenvalue weighted by Crippen LogP contribution is 2.32. The summed E-state index contributed by atoms with van der Waals surface area (Å²) in [6.45, 7) is 3.91. The van der Waals surface area contributed by atoms with Gasteiger partial charge in [0.05, 0.1) is 0 Å². The van der Waals surface area contributed by atoms with E-state index in [1.165, 1.54) is 32.1 Å². The van der Waals surface area contributed by atoms with E-state index in [9.17, 15) is 0 Å². The predicted molar refractivity (Wildman–Crippen MR) is 55.5 cm³/mol. The lowest BCUT2D eigenvalue weighted by molar-refractivity contribution is 0.215. The Morgan fingerprint density at radius 3 is 2.62 bits per heavy atom. The van der Waals surface area contributed by atoms with Crippen molar-refractivity contribution in [3.63, 3.8) is 0 Å². The van der Waals surface area contributed by atoms with Gasteiger partial charge in [-0.25, -0.2) is 0 Å². The van der Waals surface area contributed by atoms with E-state index in [1.54, 1.807) is 0 Å². The maximum Gasteiger partial charge on any atom is 0.0436 e. The molecule has 1 aliphatic rings. The molecule has 0 amide bonds. The molecule has 1 nitrogen and oxygen atoms in total. The molecule has 1 rings (SSSR count). The third kappa shape index (κ3) is 3.38. The van der Waals surface area contributed by atoms with E-state index in [1.807, 2.05) is 6.08 Å². The minimum Gasteiger partial charge on any atom is -0.396 e. The average molecular weight is 180 g/mol. The summed E-state index contributed by atoms with van der Waals surface area (Å²) in [6, 6.07) is 0. The topological polar surface area (TPSA) is 20.2 Å². The van der Waals surface area contributed by atoms with E-state index in [-0.39, 0.29) is 0 Å². The van der Waals surface area contributed by atoms with Crippen molar-refractivity contribution >= 4 is 0 Å². The molecule has 0 aromatic rings. The minimum atomic E-state index is 0.291. The maximum absolute atomic E-state index is 8.93. The zero-order chi connectivity index (χ0) is 9.52. The summed E-state index contributed by atoms with van der Waals surface area (Å²) >= 11 is 0. The largest absolute Gasteiger partial charge is 0.396 e. The van der Waals surface area contributed by atoms with Crippen molar-refractivity contribution in [3.8, 4) is 0 Å². The van der Waals surface area contributed by atoms with Crippen molar-refractivity contribution in [1.82, 2.24) is 0 Å². The van der Waals surface area contributed by atoms with Gasteiger partial charge in [0.15, 0.2) is 0 Å². The van der Waals surface area contributed by atoms with Gasteiger partial charge in [-0.05, 0) is 37.2 Å². The second-order valence-electron chi connectivity index (χ2n) is 3.95. The molecule has 1 N–H and O–H groups in total. The molecule has 74 valence electrons. The first kappa shape index (κ1) is 10.6. The summed E-state index contributed by atoms with van der Waals surface area (Å²) in [5.74, 6) is 1.29. The first-order valence-electron chi connectivity index (χ1n) is 5.35. The molecule has 1 unspecified atom stereocenters. The third-order valence-electron chi connectivity index (χ3n) is 3.05. The first-order valence-corrected chi connectivity index (χ1v) is 5.35. The fraction of sp³-hybridized carbons (Fsp3) is 0.750. The molecule has 1 aliphatic carbocycles. The second-order valence-corrected chi connectivity index (χ2v) is 3.95. The van der Waals surface area contributed by atoms with E-state index in [2.05, 4.69) is 12.3 Å². The Labute approximate surface area is 81.2 Å². The first-order chi connectivity index (χ1) is 6.38. The summed E-state index contributed by atoms with van der Waals surface area (Å²) in [7, 11) is 0. The molecule has 0 bridgehead atoms. The number of allylic oxidation sites excluding steroid dienone is 1. The SMILES string of the molecule is C=C=CC(CCO)C1CCCCC1. The van der Waals surface area contributed by atoms with Crippen molar-refractivity contribution in [3.05, 3.63) is 18.4 Å². The van der Waals surface area contributed by atoms with E-state index in [4.69, 9.17) is 5.11 Å². The highest BCUT2D eigenvalue weighted by atomic mass is 16.3. The summed E-state index contributed by atoms with van der Waals surface area (Å²) in [4.78, 5) is 0. The van der Waals surface area contributed by atoms with Crippen molar-refractivity contribution in [2.24, 2.45) is 11.8 Å². The van der Waals surface area contributed by atoms with Gasteiger partial charge in [0.2, 0.25) is 0 Å². The van der Waals surface area contributed by atoms with E-state index in [0.717, 1.165) is 12.3 Å². The molecule has 1 atom stereocenters. The highest BCUT2D eigenvalue weighted by Gasteiger charge is 2.20. The minimum absolute atomic E-state index is 0.291. The van der Waals surface area contributed by atoms with Gasteiger partial charge < -0.3 is 5.11 Å². The predicted octanol–water partition coefficient (Wildman–Crippen LogP) is 2.91. The number of hydrogen-bond acceptors (Lipinski definition) is 1. The Bertz CT molecular complexity index is 174. The van der Waals surface area contributed by atoms with Crippen LogP contribution in [-0.4, -0.2) is 11.7 Å². The van der Waals surface area contributed by atoms with Gasteiger partial charge in [0.1, 0.15) is 0 Å². The quantitative estimate of drug-likeness (QED) is 0.659. The molecular formula is C12H20O. The van der Waals surface area contributed by atoms with E-state index >= 15 is 0 Å². The van der Waals surface area contributed by atoms with Crippen molar-refractivity contribution in [2.75, 3.05) is 6.61 Å². The maximum atomic E-state index is 8.93. The van der Waals surface area contributed by atoms with Crippen LogP contribution in [0.25, 0.3) is 0 Å². The van der Waals surface area contributed by atoms with Gasteiger partial charge in [0.25, 0.3) is 0 Å². The molecule has 0 aromatic carbocycles. The van der Waals surface area contributed by atoms with Gasteiger partial charge in [-0.3, -0.25) is 0 Å². The van der Waals surface area contributed by atoms with Crippen molar-refractivity contribution in [1.29, 1.82) is 0 Å². The van der Waals surface area contributed by atoms with Crippen LogP contribution in [-0.2, 0) is 0 Å². The molecular weight excluding hydrogens is 160 g/mol. The summed E-state index contributed by atoms with van der Waals surface area (Å²) in [5.41, 5.74) is 2.86. The number of hydrogen-bond donors (Lipinski definition) is 1. The van der Waals surface area contributed by atoms with Crippen molar-refractivity contribution in [2.45, 2.75) is 38.5 Å². The summed E-state index contributed by atoms with van der Waals surface area (Å²) < 4.78 is 0. The van der Waals surface area contributed by atoms with Gasteiger partial charge >= 0.3 is 0 Å². The molecule has 13 heavy (non-hydrogen) atoms. The zero-order valence-electron chi connectivity index (χ0n) is 8.34. The van der Waals surface area contributed by atoms with Crippen LogP contribution in [0, 0.1) is 11.8 Å². The molecule has 1 heteroatoms. The zero-order valence-corrected chi connectivity index (χ0v) is 8.34. The fourth-order valence-electron chi connectivity index (χ4n) is 2.32. The third-order valence-corrected chi connectivity index (χ3v) is 3.05. The Morgan fingerprint density at radius 2 is 2.08 bits per heavy atom.